The number of rotatable bonds is 6. The van der Waals surface area contributed by atoms with Crippen LogP contribution in [-0.2, 0) is 11.3 Å². The Hall–Kier alpha value is -1.99. The lowest BCUT2D eigenvalue weighted by molar-refractivity contribution is -0.202. The van der Waals surface area contributed by atoms with Gasteiger partial charge in [0.25, 0.3) is 0 Å². The maximum Gasteiger partial charge on any atom is 0.345 e. The molecular formula is C21H26F2N2O3. The molecule has 0 amide bonds. The molecule has 28 heavy (non-hydrogen) atoms. The van der Waals surface area contributed by atoms with Crippen LogP contribution in [0, 0.1) is 12.8 Å². The number of carbonyl (C=O) groups is 1. The highest BCUT2D eigenvalue weighted by Gasteiger charge is 2.36. The summed E-state index contributed by atoms with van der Waals surface area (Å²) in [5.74, 6) is -0.378. The van der Waals surface area contributed by atoms with E-state index < -0.39 is 12.6 Å². The molecule has 0 unspecified atom stereocenters. The molecule has 1 aliphatic heterocycles. The third-order valence-electron chi connectivity index (χ3n) is 6.39. The standard InChI is InChI=1S/C21H26F2N2O3/c1-13-19(20(26)27)17-4-2-3-5-18(17)25(13)10-14-6-8-15(9-7-14)24-11-16(12-24)28-21(22)23/h2-5,14-16,21H,6-12H2,1H3,(H,26,27). The zero-order valence-corrected chi connectivity index (χ0v) is 16.0. The van der Waals surface area contributed by atoms with Gasteiger partial charge in [-0.15, -0.1) is 0 Å². The number of aromatic carboxylic acids is 1. The summed E-state index contributed by atoms with van der Waals surface area (Å²) in [7, 11) is 0. The summed E-state index contributed by atoms with van der Waals surface area (Å²) in [6.07, 6.45) is 3.90. The molecule has 2 aliphatic rings. The van der Waals surface area contributed by atoms with Crippen molar-refractivity contribution < 1.29 is 23.4 Å². The van der Waals surface area contributed by atoms with Gasteiger partial charge in [-0.25, -0.2) is 4.79 Å². The molecule has 1 aromatic carbocycles. The first kappa shape index (κ1) is 19.3. The average Bonchev–Trinajstić information content (AvgIpc) is 2.90. The Morgan fingerprint density at radius 2 is 1.89 bits per heavy atom. The second kappa shape index (κ2) is 7.79. The molecule has 2 fully saturated rings. The van der Waals surface area contributed by atoms with Crippen LogP contribution in [0.1, 0.15) is 41.7 Å². The second-order valence-corrected chi connectivity index (χ2v) is 8.04. The number of fused-ring (bicyclic) bond motifs is 1. The predicted molar refractivity (Wildman–Crippen MR) is 102 cm³/mol. The molecule has 2 heterocycles. The van der Waals surface area contributed by atoms with Gasteiger partial charge in [0.2, 0.25) is 0 Å². The molecule has 0 bridgehead atoms. The summed E-state index contributed by atoms with van der Waals surface area (Å²) in [5, 5.41) is 10.4. The minimum absolute atomic E-state index is 0.332. The van der Waals surface area contributed by atoms with Crippen LogP contribution in [0.25, 0.3) is 10.9 Å². The largest absolute Gasteiger partial charge is 0.478 e. The number of hydrogen-bond acceptors (Lipinski definition) is 3. The molecule has 1 aliphatic carbocycles. The van der Waals surface area contributed by atoms with Gasteiger partial charge in [-0.1, -0.05) is 18.2 Å². The van der Waals surface area contributed by atoms with Crippen LogP contribution < -0.4 is 0 Å². The fourth-order valence-electron chi connectivity index (χ4n) is 4.89. The molecular weight excluding hydrogens is 366 g/mol. The smallest absolute Gasteiger partial charge is 0.345 e. The molecule has 1 aromatic heterocycles. The average molecular weight is 392 g/mol. The highest BCUT2D eigenvalue weighted by Crippen LogP contribution is 2.34. The summed E-state index contributed by atoms with van der Waals surface area (Å²) in [5.41, 5.74) is 2.19. The van der Waals surface area contributed by atoms with Crippen LogP contribution >= 0.6 is 0 Å². The van der Waals surface area contributed by atoms with Crippen LogP contribution in [-0.4, -0.2) is 52.4 Å². The lowest BCUT2D eigenvalue weighted by Gasteiger charge is -2.46. The van der Waals surface area contributed by atoms with Crippen molar-refractivity contribution in [2.24, 2.45) is 5.92 Å². The van der Waals surface area contributed by atoms with E-state index in [0.29, 0.717) is 30.6 Å². The zero-order valence-electron chi connectivity index (χ0n) is 16.0. The highest BCUT2D eigenvalue weighted by atomic mass is 19.3. The van der Waals surface area contributed by atoms with Gasteiger partial charge in [-0.3, -0.25) is 4.90 Å². The number of hydrogen-bond donors (Lipinski definition) is 1. The van der Waals surface area contributed by atoms with Gasteiger partial charge < -0.3 is 14.4 Å². The number of para-hydroxylation sites is 1. The van der Waals surface area contributed by atoms with Gasteiger partial charge in [0.15, 0.2) is 0 Å². The number of ether oxygens (including phenoxy) is 1. The molecule has 7 heteroatoms. The van der Waals surface area contributed by atoms with Crippen molar-refractivity contribution in [3.05, 3.63) is 35.5 Å². The number of likely N-dealkylation sites (tertiary alicyclic amines) is 1. The van der Waals surface area contributed by atoms with E-state index in [1.54, 1.807) is 0 Å². The van der Waals surface area contributed by atoms with E-state index in [2.05, 4.69) is 14.2 Å². The van der Waals surface area contributed by atoms with Crippen molar-refractivity contribution in [2.75, 3.05) is 13.1 Å². The van der Waals surface area contributed by atoms with Gasteiger partial charge in [0, 0.05) is 42.3 Å². The molecule has 0 atom stereocenters. The molecule has 1 N–H and O–H groups in total. The molecule has 1 saturated carbocycles. The Morgan fingerprint density at radius 1 is 1.21 bits per heavy atom. The monoisotopic (exact) mass is 392 g/mol. The van der Waals surface area contributed by atoms with Crippen molar-refractivity contribution in [3.8, 4) is 0 Å². The number of benzene rings is 1. The van der Waals surface area contributed by atoms with E-state index >= 15 is 0 Å². The van der Waals surface area contributed by atoms with E-state index in [1.807, 2.05) is 31.2 Å². The second-order valence-electron chi connectivity index (χ2n) is 8.04. The Labute approximate surface area is 162 Å². The normalized spacial score (nSPS) is 24.0. The third-order valence-corrected chi connectivity index (χ3v) is 6.39. The Bertz CT molecular complexity index is 853. The first-order valence-corrected chi connectivity index (χ1v) is 9.92. The molecule has 0 radical (unpaired) electrons. The third kappa shape index (κ3) is 3.65. The number of nitrogens with zero attached hydrogens (tertiary/aromatic N) is 2. The van der Waals surface area contributed by atoms with Crippen LogP contribution in [0.15, 0.2) is 24.3 Å². The Morgan fingerprint density at radius 3 is 2.54 bits per heavy atom. The fraction of sp³-hybridized carbons (Fsp3) is 0.571. The zero-order chi connectivity index (χ0) is 19.8. The van der Waals surface area contributed by atoms with Crippen LogP contribution in [0.5, 0.6) is 0 Å². The van der Waals surface area contributed by atoms with Gasteiger partial charge in [0.05, 0.1) is 11.7 Å². The molecule has 1 saturated heterocycles. The number of halogens is 2. The topological polar surface area (TPSA) is 54.7 Å². The van der Waals surface area contributed by atoms with Crippen molar-refractivity contribution >= 4 is 16.9 Å². The SMILES string of the molecule is Cc1c(C(=O)O)c2ccccc2n1CC1CCC(N2CC(OC(F)F)C2)CC1. The lowest BCUT2D eigenvalue weighted by atomic mass is 9.84. The summed E-state index contributed by atoms with van der Waals surface area (Å²) in [6.45, 7) is 1.23. The van der Waals surface area contributed by atoms with E-state index in [1.165, 1.54) is 0 Å². The van der Waals surface area contributed by atoms with Crippen molar-refractivity contribution in [2.45, 2.75) is 57.9 Å². The summed E-state index contributed by atoms with van der Waals surface area (Å²) in [4.78, 5) is 14.0. The van der Waals surface area contributed by atoms with Crippen LogP contribution in [0.3, 0.4) is 0 Å². The van der Waals surface area contributed by atoms with Crippen molar-refractivity contribution in [1.82, 2.24) is 9.47 Å². The Balaban J connectivity index is 1.38. The van der Waals surface area contributed by atoms with Crippen LogP contribution in [0.2, 0.25) is 0 Å². The summed E-state index contributed by atoms with van der Waals surface area (Å²) in [6, 6.07) is 8.14. The summed E-state index contributed by atoms with van der Waals surface area (Å²) >= 11 is 0. The number of aromatic nitrogens is 1. The van der Waals surface area contributed by atoms with E-state index in [0.717, 1.165) is 48.8 Å². The van der Waals surface area contributed by atoms with Gasteiger partial charge in [-0.05, 0) is 44.6 Å². The summed E-state index contributed by atoms with van der Waals surface area (Å²) < 4.78 is 31.2. The van der Waals surface area contributed by atoms with Crippen molar-refractivity contribution in [1.29, 1.82) is 0 Å². The fourth-order valence-corrected chi connectivity index (χ4v) is 4.89. The van der Waals surface area contributed by atoms with E-state index in [9.17, 15) is 18.7 Å². The number of alkyl halides is 2. The number of carboxylic acids is 1. The molecule has 4 rings (SSSR count). The predicted octanol–water partition coefficient (Wildman–Crippen LogP) is 4.13. The van der Waals surface area contributed by atoms with Gasteiger partial charge >= 0.3 is 12.6 Å². The Kier molecular flexibility index (Phi) is 5.38. The minimum atomic E-state index is -2.68. The first-order chi connectivity index (χ1) is 13.4. The molecule has 152 valence electrons. The maximum absolute atomic E-state index is 12.2. The van der Waals surface area contributed by atoms with E-state index in [-0.39, 0.29) is 6.10 Å². The molecule has 0 spiro atoms. The van der Waals surface area contributed by atoms with Gasteiger partial charge in [-0.2, -0.15) is 8.78 Å². The molecule has 2 aromatic rings. The van der Waals surface area contributed by atoms with Gasteiger partial charge in [0.1, 0.15) is 0 Å². The first-order valence-electron chi connectivity index (χ1n) is 9.92. The molecule has 5 nitrogen and oxygen atoms in total. The van der Waals surface area contributed by atoms with Crippen LogP contribution in [0.4, 0.5) is 8.78 Å². The number of carboxylic acid groups (broad SMARTS) is 1. The van der Waals surface area contributed by atoms with Crippen molar-refractivity contribution in [3.63, 3.8) is 0 Å². The quantitative estimate of drug-likeness (QED) is 0.803. The van der Waals surface area contributed by atoms with E-state index in [4.69, 9.17) is 0 Å². The highest BCUT2D eigenvalue weighted by molar-refractivity contribution is 6.05. The minimum Gasteiger partial charge on any atom is -0.478 e. The maximum atomic E-state index is 12.2. The lowest BCUT2D eigenvalue weighted by Crippen LogP contribution is -2.57.